The second-order valence-corrected chi connectivity index (χ2v) is 16.3. The Kier molecular flexibility index (Phi) is 5.67. The Hall–Kier alpha value is -2.16. The van der Waals surface area contributed by atoms with Crippen LogP contribution in [0.4, 0.5) is 0 Å². The molecule has 1 saturated carbocycles. The van der Waals surface area contributed by atoms with Crippen molar-refractivity contribution in [3.8, 4) is 11.3 Å². The number of nitrogens with zero attached hydrogens (tertiary/aromatic N) is 4. The van der Waals surface area contributed by atoms with Crippen molar-refractivity contribution in [2.24, 2.45) is 5.92 Å². The highest BCUT2D eigenvalue weighted by Crippen LogP contribution is 2.54. The molecular formula is C30H39N5OS2. The van der Waals surface area contributed by atoms with E-state index in [2.05, 4.69) is 66.7 Å². The second-order valence-electron chi connectivity index (χ2n) is 12.5. The fourth-order valence-electron chi connectivity index (χ4n) is 7.88. The summed E-state index contributed by atoms with van der Waals surface area (Å²) in [5.74, 6) is 7.43. The Balaban J connectivity index is 1.22. The number of pyridine rings is 1. The summed E-state index contributed by atoms with van der Waals surface area (Å²) in [6.45, 7) is 12.6. The Bertz CT molecular complexity index is 1660. The molecule has 1 unspecified atom stereocenters. The van der Waals surface area contributed by atoms with Gasteiger partial charge in [0.1, 0.15) is 11.2 Å². The maximum Gasteiger partial charge on any atom is 0.158 e. The number of rotatable bonds is 4. The van der Waals surface area contributed by atoms with Gasteiger partial charge in [-0.2, -0.15) is 5.10 Å². The number of piperidine rings is 1. The molecular weight excluding hydrogens is 510 g/mol. The third-order valence-electron chi connectivity index (χ3n) is 9.97. The van der Waals surface area contributed by atoms with E-state index in [0.717, 1.165) is 35.9 Å². The Morgan fingerprint density at radius 2 is 1.87 bits per heavy atom. The van der Waals surface area contributed by atoms with Crippen LogP contribution in [0.5, 0.6) is 0 Å². The lowest BCUT2D eigenvalue weighted by Gasteiger charge is -2.39. The molecule has 3 aliphatic rings. The number of hydrogen-bond donors (Lipinski definition) is 1. The molecule has 0 spiro atoms. The zero-order valence-corrected chi connectivity index (χ0v) is 24.8. The van der Waals surface area contributed by atoms with Gasteiger partial charge in [-0.15, -0.1) is 11.3 Å². The van der Waals surface area contributed by atoms with Gasteiger partial charge in [0.25, 0.3) is 0 Å². The average molecular weight is 550 g/mol. The van der Waals surface area contributed by atoms with Gasteiger partial charge in [0, 0.05) is 52.2 Å². The van der Waals surface area contributed by atoms with E-state index in [9.17, 15) is 4.21 Å². The smallest absolute Gasteiger partial charge is 0.158 e. The molecule has 6 nitrogen and oxygen atoms in total. The highest BCUT2D eigenvalue weighted by Gasteiger charge is 2.48. The van der Waals surface area contributed by atoms with Crippen molar-refractivity contribution in [1.82, 2.24) is 24.5 Å². The summed E-state index contributed by atoms with van der Waals surface area (Å²) in [5, 5.41) is 5.90. The standard InChI is InChI=1S/C30H39N5OS2/c1-16(2)25-26-19(5)28(23-12-22-11-20(23)13-34(22)21-7-9-38(6,36)10-8-21)37-30(26)33-27(25)24-14-35-29(31-15-32-35)18(4)17(24)3/h14-16,20-23,33H,6-13H2,1-5H3/t20-,21?,22?,23+,38?/m0/s1. The number of hydrogen-bond acceptors (Lipinski definition) is 5. The third-order valence-corrected chi connectivity index (χ3v) is 13.3. The van der Waals surface area contributed by atoms with Crippen LogP contribution in [0.2, 0.25) is 0 Å². The van der Waals surface area contributed by atoms with Crippen LogP contribution in [-0.2, 0) is 9.52 Å². The first-order chi connectivity index (χ1) is 18.1. The SMILES string of the molecule is C=S1(=O)CCC(N2C[C@@H]3CC2C[C@H]3c2sc3[nH]c(-c4cn5ncnc5c(C)c4C)c(C(C)C)c3c2C)CC1. The normalized spacial score (nSPS) is 29.9. The topological polar surface area (TPSA) is 66.3 Å². The van der Waals surface area contributed by atoms with Crippen molar-refractivity contribution in [1.29, 1.82) is 0 Å². The number of fused-ring (bicyclic) bond motifs is 4. The van der Waals surface area contributed by atoms with Crippen molar-refractivity contribution in [3.63, 3.8) is 0 Å². The number of thiophene rings is 1. The first kappa shape index (κ1) is 24.9. The molecule has 6 heterocycles. The third kappa shape index (κ3) is 3.66. The molecule has 8 heteroatoms. The molecule has 1 aliphatic carbocycles. The Morgan fingerprint density at radius 1 is 1.11 bits per heavy atom. The van der Waals surface area contributed by atoms with Gasteiger partial charge in [-0.25, -0.2) is 9.50 Å². The number of nitrogens with one attached hydrogen (secondary N) is 1. The van der Waals surface area contributed by atoms with Gasteiger partial charge >= 0.3 is 0 Å². The highest BCUT2D eigenvalue weighted by molar-refractivity contribution is 8.00. The molecule has 38 heavy (non-hydrogen) atoms. The van der Waals surface area contributed by atoms with E-state index in [4.69, 9.17) is 0 Å². The van der Waals surface area contributed by atoms with E-state index in [1.807, 2.05) is 15.9 Å². The quantitative estimate of drug-likeness (QED) is 0.315. The molecule has 2 bridgehead atoms. The molecule has 202 valence electrons. The van der Waals surface area contributed by atoms with E-state index in [0.29, 0.717) is 23.9 Å². The van der Waals surface area contributed by atoms with Gasteiger partial charge in [-0.05, 0) is 102 Å². The van der Waals surface area contributed by atoms with E-state index in [-0.39, 0.29) is 0 Å². The molecule has 2 saturated heterocycles. The number of H-pyrrole nitrogens is 1. The van der Waals surface area contributed by atoms with Gasteiger partial charge in [0.15, 0.2) is 5.65 Å². The average Bonchev–Trinajstić information content (AvgIpc) is 3.68. The maximum atomic E-state index is 12.4. The number of likely N-dealkylation sites (tertiary alicyclic amines) is 1. The summed E-state index contributed by atoms with van der Waals surface area (Å²) in [5.41, 5.74) is 8.78. The van der Waals surface area contributed by atoms with Crippen molar-refractivity contribution in [2.45, 2.75) is 84.2 Å². The lowest BCUT2D eigenvalue weighted by atomic mass is 9.88. The van der Waals surface area contributed by atoms with Gasteiger partial charge < -0.3 is 4.98 Å². The fourth-order valence-corrected chi connectivity index (χ4v) is 10.9. The molecule has 3 atom stereocenters. The minimum atomic E-state index is -1.81. The molecule has 4 aromatic heterocycles. The predicted molar refractivity (Wildman–Crippen MR) is 160 cm³/mol. The highest BCUT2D eigenvalue weighted by atomic mass is 32.2. The number of aryl methyl sites for hydroxylation is 2. The summed E-state index contributed by atoms with van der Waals surface area (Å²) in [6.07, 6.45) is 8.52. The van der Waals surface area contributed by atoms with Crippen LogP contribution in [0.25, 0.3) is 27.1 Å². The van der Waals surface area contributed by atoms with Crippen LogP contribution in [0.1, 0.15) is 78.5 Å². The second kappa shape index (κ2) is 8.67. The van der Waals surface area contributed by atoms with E-state index < -0.39 is 9.52 Å². The zero-order chi connectivity index (χ0) is 26.5. The maximum absolute atomic E-state index is 12.4. The first-order valence-electron chi connectivity index (χ1n) is 14.2. The molecule has 1 N–H and O–H groups in total. The molecule has 0 aromatic carbocycles. The summed E-state index contributed by atoms with van der Waals surface area (Å²) in [7, 11) is -1.81. The van der Waals surface area contributed by atoms with Crippen molar-refractivity contribution in [2.75, 3.05) is 18.1 Å². The number of aromatic amines is 1. The molecule has 7 rings (SSSR count). The van der Waals surface area contributed by atoms with Gasteiger partial charge in [-0.3, -0.25) is 9.11 Å². The molecule has 3 fully saturated rings. The summed E-state index contributed by atoms with van der Waals surface area (Å²) >= 11 is 2.00. The van der Waals surface area contributed by atoms with Gasteiger partial charge in [0.05, 0.1) is 5.69 Å². The molecule has 4 aromatic rings. The van der Waals surface area contributed by atoms with Crippen molar-refractivity contribution < 1.29 is 4.21 Å². The summed E-state index contributed by atoms with van der Waals surface area (Å²) in [4.78, 5) is 14.1. The van der Waals surface area contributed by atoms with Crippen molar-refractivity contribution in [3.05, 3.63) is 39.7 Å². The fraction of sp³-hybridized carbons (Fsp3) is 0.567. The zero-order valence-electron chi connectivity index (χ0n) is 23.2. The monoisotopic (exact) mass is 549 g/mol. The van der Waals surface area contributed by atoms with Crippen LogP contribution in [0, 0.1) is 26.7 Å². The van der Waals surface area contributed by atoms with Crippen LogP contribution in [0.15, 0.2) is 12.5 Å². The lowest BCUT2D eigenvalue weighted by Crippen LogP contribution is -2.46. The van der Waals surface area contributed by atoms with Crippen LogP contribution >= 0.6 is 11.3 Å². The van der Waals surface area contributed by atoms with Crippen molar-refractivity contribution >= 4 is 42.6 Å². The minimum Gasteiger partial charge on any atom is -0.346 e. The minimum absolute atomic E-state index is 0.413. The molecule has 0 amide bonds. The molecule has 2 aliphatic heterocycles. The molecule has 0 radical (unpaired) electrons. The van der Waals surface area contributed by atoms with E-state index >= 15 is 0 Å². The lowest BCUT2D eigenvalue weighted by molar-refractivity contribution is 0.132. The largest absolute Gasteiger partial charge is 0.346 e. The number of aromatic nitrogens is 4. The van der Waals surface area contributed by atoms with E-state index in [1.165, 1.54) is 63.1 Å². The van der Waals surface area contributed by atoms with Crippen LogP contribution in [0.3, 0.4) is 0 Å². The Morgan fingerprint density at radius 3 is 2.55 bits per heavy atom. The van der Waals surface area contributed by atoms with Gasteiger partial charge in [-0.1, -0.05) is 13.8 Å². The predicted octanol–water partition coefficient (Wildman–Crippen LogP) is 6.04. The summed E-state index contributed by atoms with van der Waals surface area (Å²) in [6, 6.07) is 1.31. The van der Waals surface area contributed by atoms with E-state index in [1.54, 1.807) is 11.2 Å². The van der Waals surface area contributed by atoms with Gasteiger partial charge in [0.2, 0.25) is 0 Å². The Labute approximate surface area is 229 Å². The van der Waals surface area contributed by atoms with Crippen LogP contribution < -0.4 is 0 Å². The summed E-state index contributed by atoms with van der Waals surface area (Å²) < 4.78 is 14.3. The van der Waals surface area contributed by atoms with Crippen LogP contribution in [-0.4, -0.2) is 64.7 Å². The first-order valence-corrected chi connectivity index (χ1v) is 17.0.